The van der Waals surface area contributed by atoms with Gasteiger partial charge in [0.15, 0.2) is 0 Å². The van der Waals surface area contributed by atoms with Crippen LogP contribution < -0.4 is 0 Å². The number of H-pyrrole nitrogens is 1. The molecule has 1 aromatic heterocycles. The molecule has 2 rings (SSSR count). The topological polar surface area (TPSA) is 48.9 Å². The van der Waals surface area contributed by atoms with E-state index in [4.69, 9.17) is 16.7 Å². The summed E-state index contributed by atoms with van der Waals surface area (Å²) in [4.78, 5) is 0. The molecule has 0 aliphatic rings. The van der Waals surface area contributed by atoms with Crippen molar-refractivity contribution in [1.82, 2.24) is 10.2 Å². The molecular formula is C10H11ClN2O. The Kier molecular flexibility index (Phi) is 2.44. The van der Waals surface area contributed by atoms with Gasteiger partial charge in [-0.25, -0.2) is 0 Å². The minimum absolute atomic E-state index is 0.0815. The molecule has 0 saturated carbocycles. The van der Waals surface area contributed by atoms with Gasteiger partial charge in [-0.05, 0) is 11.6 Å². The van der Waals surface area contributed by atoms with Gasteiger partial charge in [0.2, 0.25) is 0 Å². The lowest BCUT2D eigenvalue weighted by atomic mass is 10.00. The van der Waals surface area contributed by atoms with Crippen LogP contribution >= 0.6 is 11.6 Å². The molecule has 4 heteroatoms. The lowest BCUT2D eigenvalue weighted by molar-refractivity contribution is 0.273. The van der Waals surface area contributed by atoms with Crippen molar-refractivity contribution in [3.63, 3.8) is 0 Å². The summed E-state index contributed by atoms with van der Waals surface area (Å²) >= 11 is 5.91. The number of aliphatic hydroxyl groups is 1. The first-order valence-corrected chi connectivity index (χ1v) is 4.85. The number of nitrogens with one attached hydrogen (secondary N) is 1. The minimum Gasteiger partial charge on any atom is -0.396 e. The maximum absolute atomic E-state index is 9.08. The van der Waals surface area contributed by atoms with E-state index in [0.29, 0.717) is 5.15 Å². The van der Waals surface area contributed by atoms with Crippen molar-refractivity contribution < 1.29 is 5.11 Å². The molecule has 1 aromatic carbocycles. The molecule has 0 bridgehead atoms. The van der Waals surface area contributed by atoms with Gasteiger partial charge in [-0.3, -0.25) is 5.10 Å². The van der Waals surface area contributed by atoms with Gasteiger partial charge in [0.25, 0.3) is 0 Å². The molecule has 74 valence electrons. The van der Waals surface area contributed by atoms with Crippen molar-refractivity contribution in [1.29, 1.82) is 0 Å². The van der Waals surface area contributed by atoms with E-state index in [2.05, 4.69) is 10.2 Å². The van der Waals surface area contributed by atoms with Crippen LogP contribution in [0.15, 0.2) is 18.2 Å². The van der Waals surface area contributed by atoms with E-state index < -0.39 is 0 Å². The van der Waals surface area contributed by atoms with Crippen molar-refractivity contribution in [2.45, 2.75) is 12.8 Å². The first-order valence-electron chi connectivity index (χ1n) is 4.47. The predicted molar refractivity (Wildman–Crippen MR) is 56.6 cm³/mol. The summed E-state index contributed by atoms with van der Waals surface area (Å²) in [5.74, 6) is 0.0815. The highest BCUT2D eigenvalue weighted by atomic mass is 35.5. The second-order valence-electron chi connectivity index (χ2n) is 3.36. The smallest absolute Gasteiger partial charge is 0.132 e. The maximum Gasteiger partial charge on any atom is 0.132 e. The monoisotopic (exact) mass is 210 g/mol. The number of benzene rings is 1. The Morgan fingerprint density at radius 1 is 1.57 bits per heavy atom. The van der Waals surface area contributed by atoms with Crippen molar-refractivity contribution in [2.75, 3.05) is 6.61 Å². The van der Waals surface area contributed by atoms with Crippen molar-refractivity contribution in [2.24, 2.45) is 0 Å². The summed E-state index contributed by atoms with van der Waals surface area (Å²) in [5.41, 5.74) is 1.87. The van der Waals surface area contributed by atoms with Gasteiger partial charge < -0.3 is 5.11 Å². The lowest BCUT2D eigenvalue weighted by Gasteiger charge is -2.07. The molecule has 3 nitrogen and oxygen atoms in total. The molecule has 0 fully saturated rings. The van der Waals surface area contributed by atoms with E-state index in [1.807, 2.05) is 25.1 Å². The average Bonchev–Trinajstić information content (AvgIpc) is 2.59. The molecule has 1 heterocycles. The third-order valence-electron chi connectivity index (χ3n) is 2.37. The second-order valence-corrected chi connectivity index (χ2v) is 3.74. The fourth-order valence-electron chi connectivity index (χ4n) is 1.52. The summed E-state index contributed by atoms with van der Waals surface area (Å²) in [7, 11) is 0. The Hall–Kier alpha value is -1.06. The third-order valence-corrected chi connectivity index (χ3v) is 2.66. The van der Waals surface area contributed by atoms with Crippen molar-refractivity contribution >= 4 is 22.5 Å². The molecular weight excluding hydrogens is 200 g/mol. The lowest BCUT2D eigenvalue weighted by Crippen LogP contribution is -1.99. The van der Waals surface area contributed by atoms with Gasteiger partial charge >= 0.3 is 0 Å². The van der Waals surface area contributed by atoms with Crippen LogP contribution in [0.2, 0.25) is 5.15 Å². The highest BCUT2D eigenvalue weighted by Crippen LogP contribution is 2.27. The standard InChI is InChI=1S/C10H11ClN2O/c1-6(5-14)7-3-2-4-8-9(7)12-13-10(8)11/h2-4,6,14H,5H2,1H3,(H,12,13). The predicted octanol–water partition coefficient (Wildman–Crippen LogP) is 2.31. The van der Waals surface area contributed by atoms with Gasteiger partial charge in [0.05, 0.1) is 5.52 Å². The zero-order chi connectivity index (χ0) is 10.1. The highest BCUT2D eigenvalue weighted by Gasteiger charge is 2.11. The number of fused-ring (bicyclic) bond motifs is 1. The van der Waals surface area contributed by atoms with Crippen LogP contribution in [0, 0.1) is 0 Å². The van der Waals surface area contributed by atoms with E-state index in [-0.39, 0.29) is 12.5 Å². The van der Waals surface area contributed by atoms with Gasteiger partial charge in [0, 0.05) is 17.9 Å². The van der Waals surface area contributed by atoms with Crippen molar-refractivity contribution in [3.8, 4) is 0 Å². The van der Waals surface area contributed by atoms with Gasteiger partial charge in [-0.15, -0.1) is 0 Å². The number of hydrogen-bond acceptors (Lipinski definition) is 2. The molecule has 2 N–H and O–H groups in total. The molecule has 0 spiro atoms. The van der Waals surface area contributed by atoms with Gasteiger partial charge in [-0.1, -0.05) is 30.7 Å². The minimum atomic E-state index is 0.0815. The van der Waals surface area contributed by atoms with Crippen molar-refractivity contribution in [3.05, 3.63) is 28.9 Å². The number of hydrogen-bond donors (Lipinski definition) is 2. The molecule has 2 aromatic rings. The Labute approximate surface area is 86.7 Å². The molecule has 0 amide bonds. The Bertz CT molecular complexity index is 452. The third kappa shape index (κ3) is 1.38. The van der Waals surface area contributed by atoms with E-state index in [1.54, 1.807) is 0 Å². The second kappa shape index (κ2) is 3.59. The number of rotatable bonds is 2. The quantitative estimate of drug-likeness (QED) is 0.799. The summed E-state index contributed by atoms with van der Waals surface area (Å²) < 4.78 is 0. The molecule has 0 aliphatic heterocycles. The zero-order valence-corrected chi connectivity index (χ0v) is 8.54. The van der Waals surface area contributed by atoms with Crippen LogP contribution in [0.5, 0.6) is 0 Å². The van der Waals surface area contributed by atoms with Crippen LogP contribution in [0.1, 0.15) is 18.4 Å². The Balaban J connectivity index is 2.65. The molecule has 0 saturated heterocycles. The maximum atomic E-state index is 9.08. The summed E-state index contributed by atoms with van der Waals surface area (Å²) in [5, 5.41) is 17.4. The number of aromatic amines is 1. The summed E-state index contributed by atoms with van der Waals surface area (Å²) in [6.45, 7) is 2.07. The number of para-hydroxylation sites is 1. The fraction of sp³-hybridized carbons (Fsp3) is 0.300. The first kappa shape index (κ1) is 9.49. The van der Waals surface area contributed by atoms with Crippen LogP contribution in [0.25, 0.3) is 10.9 Å². The average molecular weight is 211 g/mol. The zero-order valence-electron chi connectivity index (χ0n) is 7.79. The van der Waals surface area contributed by atoms with Crippen LogP contribution in [-0.2, 0) is 0 Å². The fourth-order valence-corrected chi connectivity index (χ4v) is 1.72. The van der Waals surface area contributed by atoms with Crippen LogP contribution in [0.3, 0.4) is 0 Å². The molecule has 0 radical (unpaired) electrons. The molecule has 14 heavy (non-hydrogen) atoms. The highest BCUT2D eigenvalue weighted by molar-refractivity contribution is 6.34. The Morgan fingerprint density at radius 3 is 3.07 bits per heavy atom. The van der Waals surface area contributed by atoms with Gasteiger partial charge in [-0.2, -0.15) is 5.10 Å². The van der Waals surface area contributed by atoms with E-state index in [9.17, 15) is 0 Å². The Morgan fingerprint density at radius 2 is 2.36 bits per heavy atom. The number of nitrogens with zero attached hydrogens (tertiary/aromatic N) is 1. The first-order chi connectivity index (χ1) is 6.74. The number of aromatic nitrogens is 2. The summed E-state index contributed by atoms with van der Waals surface area (Å²) in [6.07, 6.45) is 0. The molecule has 1 unspecified atom stereocenters. The normalized spacial score (nSPS) is 13.4. The number of aliphatic hydroxyl groups excluding tert-OH is 1. The SMILES string of the molecule is CC(CO)c1cccc2c(Cl)[nH]nc12. The summed E-state index contributed by atoms with van der Waals surface area (Å²) in [6, 6.07) is 5.79. The van der Waals surface area contributed by atoms with Crippen LogP contribution in [0.4, 0.5) is 0 Å². The molecule has 1 atom stereocenters. The van der Waals surface area contributed by atoms with Crippen LogP contribution in [-0.4, -0.2) is 21.9 Å². The largest absolute Gasteiger partial charge is 0.396 e. The number of halogens is 1. The van der Waals surface area contributed by atoms with E-state index in [1.165, 1.54) is 0 Å². The van der Waals surface area contributed by atoms with E-state index >= 15 is 0 Å². The van der Waals surface area contributed by atoms with Gasteiger partial charge in [0.1, 0.15) is 5.15 Å². The van der Waals surface area contributed by atoms with E-state index in [0.717, 1.165) is 16.5 Å². The molecule has 0 aliphatic carbocycles.